The van der Waals surface area contributed by atoms with Gasteiger partial charge < -0.3 is 14.4 Å². The van der Waals surface area contributed by atoms with Crippen LogP contribution < -0.4 is 0 Å². The van der Waals surface area contributed by atoms with E-state index in [1.54, 1.807) is 14.1 Å². The Morgan fingerprint density at radius 2 is 1.72 bits per heavy atom. The van der Waals surface area contributed by atoms with Crippen LogP contribution in [0.2, 0.25) is 0 Å². The van der Waals surface area contributed by atoms with Gasteiger partial charge in [-0.1, -0.05) is 0 Å². The molecule has 0 N–H and O–H groups in total. The van der Waals surface area contributed by atoms with Crippen molar-refractivity contribution >= 4 is 21.9 Å². The Morgan fingerprint density at radius 3 is 2.24 bits per heavy atom. The number of nitrogens with zero attached hydrogens (tertiary/aromatic N) is 2. The normalized spacial score (nSPS) is 16.9. The van der Waals surface area contributed by atoms with Crippen molar-refractivity contribution in [3.8, 4) is 0 Å². The highest BCUT2D eigenvalue weighted by Crippen LogP contribution is 2.18. The molecule has 9 heteroatoms. The molecule has 138 valence electrons. The minimum Gasteiger partial charge on any atom is -0.449 e. The zero-order valence-electron chi connectivity index (χ0n) is 14.5. The molecule has 0 aromatic heterocycles. The molecular weight excluding hydrogens is 348 g/mol. The van der Waals surface area contributed by atoms with E-state index in [0.29, 0.717) is 26.3 Å². The fourth-order valence-electron chi connectivity index (χ4n) is 2.34. The summed E-state index contributed by atoms with van der Waals surface area (Å²) in [5, 5.41) is 0. The predicted molar refractivity (Wildman–Crippen MR) is 89.6 cm³/mol. The minimum absolute atomic E-state index is 0.100. The smallest absolute Gasteiger partial charge is 0.338 e. The second-order valence-corrected chi connectivity index (χ2v) is 7.76. The molecule has 0 bridgehead atoms. The zero-order valence-corrected chi connectivity index (χ0v) is 15.3. The van der Waals surface area contributed by atoms with E-state index in [1.807, 2.05) is 0 Å². The lowest BCUT2D eigenvalue weighted by molar-refractivity contribution is -0.137. The summed E-state index contributed by atoms with van der Waals surface area (Å²) < 4.78 is 36.6. The lowest BCUT2D eigenvalue weighted by Crippen LogP contribution is -2.40. The van der Waals surface area contributed by atoms with E-state index in [1.165, 1.54) is 40.4 Å². The van der Waals surface area contributed by atoms with Gasteiger partial charge in [0.25, 0.3) is 5.91 Å². The Kier molecular flexibility index (Phi) is 6.15. The molecule has 0 radical (unpaired) electrons. The molecule has 2 rings (SSSR count). The van der Waals surface area contributed by atoms with E-state index in [-0.39, 0.29) is 16.4 Å². The van der Waals surface area contributed by atoms with Gasteiger partial charge >= 0.3 is 5.97 Å². The van der Waals surface area contributed by atoms with Gasteiger partial charge in [-0.2, -0.15) is 4.31 Å². The van der Waals surface area contributed by atoms with Crippen LogP contribution in [0, 0.1) is 0 Å². The largest absolute Gasteiger partial charge is 0.449 e. The molecule has 1 aliphatic rings. The summed E-state index contributed by atoms with van der Waals surface area (Å²) >= 11 is 0. The third-order valence-corrected chi connectivity index (χ3v) is 5.68. The average Bonchev–Trinajstić information content (AvgIpc) is 2.61. The molecule has 1 atom stereocenters. The number of ether oxygens (including phenoxy) is 2. The molecule has 8 nitrogen and oxygen atoms in total. The Morgan fingerprint density at radius 1 is 1.16 bits per heavy atom. The molecular formula is C16H22N2O6S. The summed E-state index contributed by atoms with van der Waals surface area (Å²) in [5.74, 6) is -1.02. The van der Waals surface area contributed by atoms with Crippen LogP contribution in [-0.4, -0.2) is 76.0 Å². The molecule has 1 heterocycles. The first-order valence-electron chi connectivity index (χ1n) is 7.83. The first-order chi connectivity index (χ1) is 11.7. The number of carbonyl (C=O) groups is 2. The molecule has 0 saturated carbocycles. The van der Waals surface area contributed by atoms with Crippen LogP contribution in [0.1, 0.15) is 17.3 Å². The second kappa shape index (κ2) is 7.94. The number of carbonyl (C=O) groups excluding carboxylic acids is 2. The third-order valence-electron chi connectivity index (χ3n) is 3.77. The summed E-state index contributed by atoms with van der Waals surface area (Å²) in [6, 6.07) is 5.48. The second-order valence-electron chi connectivity index (χ2n) is 5.82. The number of hydrogen-bond acceptors (Lipinski definition) is 6. The molecule has 0 aliphatic carbocycles. The summed E-state index contributed by atoms with van der Waals surface area (Å²) in [4.78, 5) is 25.2. The van der Waals surface area contributed by atoms with Gasteiger partial charge in [-0.05, 0) is 31.2 Å². The van der Waals surface area contributed by atoms with E-state index in [4.69, 9.17) is 9.47 Å². The monoisotopic (exact) mass is 370 g/mol. The van der Waals surface area contributed by atoms with Crippen LogP contribution in [0.15, 0.2) is 29.2 Å². The van der Waals surface area contributed by atoms with Gasteiger partial charge in [0.1, 0.15) is 0 Å². The Bertz CT molecular complexity index is 723. The fourth-order valence-corrected chi connectivity index (χ4v) is 3.75. The van der Waals surface area contributed by atoms with Gasteiger partial charge in [0.2, 0.25) is 10.0 Å². The van der Waals surface area contributed by atoms with Gasteiger partial charge in [-0.3, -0.25) is 4.79 Å². The van der Waals surface area contributed by atoms with Crippen molar-refractivity contribution in [3.63, 3.8) is 0 Å². The summed E-state index contributed by atoms with van der Waals surface area (Å²) in [7, 11) is -0.477. The molecule has 1 aromatic carbocycles. The van der Waals surface area contributed by atoms with Crippen LogP contribution in [0.25, 0.3) is 0 Å². The molecule has 0 spiro atoms. The van der Waals surface area contributed by atoms with Gasteiger partial charge in [0, 0.05) is 27.2 Å². The third kappa shape index (κ3) is 4.56. The zero-order chi connectivity index (χ0) is 18.6. The van der Waals surface area contributed by atoms with E-state index in [9.17, 15) is 18.0 Å². The highest BCUT2D eigenvalue weighted by atomic mass is 32.2. The maximum Gasteiger partial charge on any atom is 0.338 e. The SMILES string of the molecule is C[C@@H](OC(=O)c1ccc(S(=O)(=O)N2CCOCC2)cc1)C(=O)N(C)C. The average molecular weight is 370 g/mol. The van der Waals surface area contributed by atoms with Crippen molar-refractivity contribution in [2.75, 3.05) is 40.4 Å². The number of morpholine rings is 1. The summed E-state index contributed by atoms with van der Waals surface area (Å²) in [6.45, 7) is 2.81. The highest BCUT2D eigenvalue weighted by Gasteiger charge is 2.27. The molecule has 1 fully saturated rings. The van der Waals surface area contributed by atoms with E-state index < -0.39 is 22.1 Å². The van der Waals surface area contributed by atoms with Gasteiger partial charge in [-0.15, -0.1) is 0 Å². The summed E-state index contributed by atoms with van der Waals surface area (Å²) in [6.07, 6.45) is -0.917. The molecule has 25 heavy (non-hydrogen) atoms. The van der Waals surface area contributed by atoms with Crippen LogP contribution in [0.4, 0.5) is 0 Å². The fraction of sp³-hybridized carbons (Fsp3) is 0.500. The van der Waals surface area contributed by atoms with Crippen molar-refractivity contribution in [2.24, 2.45) is 0 Å². The van der Waals surface area contributed by atoms with Crippen LogP contribution in [0.3, 0.4) is 0 Å². The molecule has 1 aliphatic heterocycles. The first-order valence-corrected chi connectivity index (χ1v) is 9.27. The van der Waals surface area contributed by atoms with Crippen LogP contribution >= 0.6 is 0 Å². The topological polar surface area (TPSA) is 93.2 Å². The summed E-state index contributed by atoms with van der Waals surface area (Å²) in [5.41, 5.74) is 0.180. The lowest BCUT2D eigenvalue weighted by atomic mass is 10.2. The Hall–Kier alpha value is -1.97. The van der Waals surface area contributed by atoms with Gasteiger partial charge in [0.05, 0.1) is 23.7 Å². The maximum absolute atomic E-state index is 12.5. The maximum atomic E-state index is 12.5. The number of sulfonamides is 1. The molecule has 1 aromatic rings. The number of hydrogen-bond donors (Lipinski definition) is 0. The molecule has 1 amide bonds. The predicted octanol–water partition coefficient (Wildman–Crippen LogP) is 0.341. The van der Waals surface area contributed by atoms with E-state index in [0.717, 1.165) is 0 Å². The Balaban J connectivity index is 2.08. The minimum atomic E-state index is -3.61. The molecule has 0 unspecified atom stereocenters. The number of likely N-dealkylation sites (N-methyl/N-ethyl adjacent to an activating group) is 1. The number of benzene rings is 1. The quantitative estimate of drug-likeness (QED) is 0.694. The van der Waals surface area contributed by atoms with Crippen molar-refractivity contribution in [1.29, 1.82) is 0 Å². The standard InChI is InChI=1S/C16H22N2O6S/c1-12(15(19)17(2)3)24-16(20)13-4-6-14(7-5-13)25(21,22)18-8-10-23-11-9-18/h4-7,12H,8-11H2,1-3H3/t12-/m1/s1. The van der Waals surface area contributed by atoms with Crippen LogP contribution in [0.5, 0.6) is 0 Å². The van der Waals surface area contributed by atoms with Gasteiger partial charge in [0.15, 0.2) is 6.10 Å². The number of rotatable bonds is 5. The molecule has 1 saturated heterocycles. The number of esters is 1. The van der Waals surface area contributed by atoms with Crippen LogP contribution in [-0.2, 0) is 24.3 Å². The van der Waals surface area contributed by atoms with Crippen molar-refractivity contribution in [3.05, 3.63) is 29.8 Å². The van der Waals surface area contributed by atoms with E-state index >= 15 is 0 Å². The Labute approximate surface area is 147 Å². The highest BCUT2D eigenvalue weighted by molar-refractivity contribution is 7.89. The number of amides is 1. The van der Waals surface area contributed by atoms with E-state index in [2.05, 4.69) is 0 Å². The lowest BCUT2D eigenvalue weighted by Gasteiger charge is -2.26. The van der Waals surface area contributed by atoms with Gasteiger partial charge in [-0.25, -0.2) is 13.2 Å². The van der Waals surface area contributed by atoms with Crippen molar-refractivity contribution < 1.29 is 27.5 Å². The van der Waals surface area contributed by atoms with Crippen molar-refractivity contribution in [1.82, 2.24) is 9.21 Å². The first kappa shape index (κ1) is 19.4. The van der Waals surface area contributed by atoms with Crippen molar-refractivity contribution in [2.45, 2.75) is 17.9 Å².